The second-order valence-electron chi connectivity index (χ2n) is 12.9. The number of hydrogen-bond donors (Lipinski definition) is 0. The van der Waals surface area contributed by atoms with Gasteiger partial charge in [-0.2, -0.15) is 0 Å². The third kappa shape index (κ3) is 6.09. The number of rotatable bonds is 6. The minimum absolute atomic E-state index is 0. The molecule has 0 nitrogen and oxygen atoms in total. The number of halogens is 2. The summed E-state index contributed by atoms with van der Waals surface area (Å²) in [5, 5.41) is 0. The molecular formula is C34H48Cl2HfSi. The van der Waals surface area contributed by atoms with Crippen molar-refractivity contribution >= 4 is 17.6 Å². The van der Waals surface area contributed by atoms with E-state index in [2.05, 4.69) is 119 Å². The van der Waals surface area contributed by atoms with Crippen molar-refractivity contribution in [3.8, 4) is 0 Å². The van der Waals surface area contributed by atoms with Gasteiger partial charge in [-0.1, -0.05) is 0 Å². The first-order chi connectivity index (χ1) is 16.8. The zero-order chi connectivity index (χ0) is 26.6. The molecule has 2 aliphatic rings. The number of allylic oxidation sites excluding steroid dienone is 2. The van der Waals surface area contributed by atoms with Crippen molar-refractivity contribution in [3.05, 3.63) is 79.9 Å². The van der Waals surface area contributed by atoms with Gasteiger partial charge in [-0.15, -0.1) is 0 Å². The minimum Gasteiger partial charge on any atom is -1.00 e. The van der Waals surface area contributed by atoms with E-state index in [1.165, 1.54) is 0 Å². The zero-order valence-electron chi connectivity index (χ0n) is 25.7. The summed E-state index contributed by atoms with van der Waals surface area (Å²) < 4.78 is 1.46. The maximum absolute atomic E-state index is 2.66. The normalized spacial score (nSPS) is 17.6. The topological polar surface area (TPSA) is 0 Å². The molecule has 0 spiro atoms. The minimum atomic E-state index is -2.25. The van der Waals surface area contributed by atoms with Gasteiger partial charge in [0.15, 0.2) is 0 Å². The molecule has 0 radical (unpaired) electrons. The molecule has 2 aliphatic carbocycles. The van der Waals surface area contributed by atoms with E-state index in [0.29, 0.717) is 23.7 Å². The Morgan fingerprint density at radius 1 is 0.579 bits per heavy atom. The van der Waals surface area contributed by atoms with Crippen LogP contribution in [0.4, 0.5) is 0 Å². The van der Waals surface area contributed by atoms with Crippen molar-refractivity contribution in [2.75, 3.05) is 0 Å². The van der Waals surface area contributed by atoms with Gasteiger partial charge < -0.3 is 24.8 Å². The van der Waals surface area contributed by atoms with Crippen LogP contribution in [0.25, 0.3) is 12.2 Å². The molecule has 0 saturated heterocycles. The Morgan fingerprint density at radius 2 is 0.921 bits per heavy atom. The second-order valence-corrected chi connectivity index (χ2v) is 37.9. The van der Waals surface area contributed by atoms with Crippen molar-refractivity contribution in [2.45, 2.75) is 113 Å². The molecule has 0 fully saturated rings. The van der Waals surface area contributed by atoms with Crippen LogP contribution in [0.15, 0.2) is 35.4 Å². The predicted octanol–water partition coefficient (Wildman–Crippen LogP) is 4.67. The van der Waals surface area contributed by atoms with Gasteiger partial charge in [0.25, 0.3) is 0 Å². The van der Waals surface area contributed by atoms with Crippen molar-refractivity contribution in [1.29, 1.82) is 0 Å². The Balaban J connectivity index is 0.00000253. The van der Waals surface area contributed by atoms with Gasteiger partial charge >= 0.3 is 231 Å². The van der Waals surface area contributed by atoms with Crippen LogP contribution < -0.4 is 24.8 Å². The van der Waals surface area contributed by atoms with Crippen LogP contribution in [0.5, 0.6) is 0 Å². The fraction of sp³-hybridized carbons (Fsp3) is 0.529. The molecule has 2 aromatic rings. The number of benzene rings is 2. The van der Waals surface area contributed by atoms with E-state index in [4.69, 9.17) is 0 Å². The van der Waals surface area contributed by atoms with Gasteiger partial charge in [-0.05, 0) is 0 Å². The van der Waals surface area contributed by atoms with Crippen LogP contribution in [0, 0.1) is 0 Å². The first-order valence-electron chi connectivity index (χ1n) is 14.2. The smallest absolute Gasteiger partial charge is 1.00 e. The predicted molar refractivity (Wildman–Crippen MR) is 160 cm³/mol. The van der Waals surface area contributed by atoms with E-state index < -0.39 is 20.1 Å². The van der Waals surface area contributed by atoms with Gasteiger partial charge in [0.2, 0.25) is 0 Å². The third-order valence-corrected chi connectivity index (χ3v) is 36.9. The van der Waals surface area contributed by atoms with E-state index in [0.717, 1.165) is 7.35 Å². The van der Waals surface area contributed by atoms with E-state index in [1.807, 2.05) is 0 Å². The summed E-state index contributed by atoms with van der Waals surface area (Å²) in [7, 11) is 0. The molecule has 206 valence electrons. The van der Waals surface area contributed by atoms with Crippen LogP contribution in [-0.2, 0) is 20.1 Å². The number of hydrogen-bond acceptors (Lipinski definition) is 0. The third-order valence-electron chi connectivity index (χ3n) is 8.59. The Kier molecular flexibility index (Phi) is 11.6. The molecule has 0 saturated carbocycles. The molecule has 2 aromatic carbocycles. The monoisotopic (exact) mass is 734 g/mol. The Bertz CT molecular complexity index is 1200. The average molecular weight is 734 g/mol. The molecule has 0 aliphatic heterocycles. The summed E-state index contributed by atoms with van der Waals surface area (Å²) in [4.78, 5) is 0. The molecular weight excluding hydrogens is 686 g/mol. The van der Waals surface area contributed by atoms with Crippen LogP contribution in [-0.4, -0.2) is 5.49 Å². The molecule has 2 atom stereocenters. The average Bonchev–Trinajstić information content (AvgIpc) is 3.28. The second kappa shape index (κ2) is 13.0. The van der Waals surface area contributed by atoms with E-state index in [9.17, 15) is 0 Å². The van der Waals surface area contributed by atoms with Gasteiger partial charge in [-0.25, -0.2) is 0 Å². The van der Waals surface area contributed by atoms with Crippen molar-refractivity contribution in [2.24, 2.45) is 0 Å². The summed E-state index contributed by atoms with van der Waals surface area (Å²) in [5.74, 6) is 2.29. The van der Waals surface area contributed by atoms with Crippen LogP contribution in [0.1, 0.15) is 145 Å². The van der Waals surface area contributed by atoms with Gasteiger partial charge in [0, 0.05) is 0 Å². The van der Waals surface area contributed by atoms with Crippen molar-refractivity contribution in [3.63, 3.8) is 0 Å². The molecule has 0 amide bonds. The maximum atomic E-state index is 2.66. The molecule has 0 heterocycles. The molecule has 4 heteroatoms. The Hall–Kier alpha value is -0.413. The summed E-state index contributed by atoms with van der Waals surface area (Å²) in [5.41, 5.74) is 15.8. The first kappa shape index (κ1) is 33.8. The molecule has 38 heavy (non-hydrogen) atoms. The quantitative estimate of drug-likeness (QED) is 0.379. The van der Waals surface area contributed by atoms with E-state index in [1.54, 1.807) is 55.7 Å². The van der Waals surface area contributed by atoms with Gasteiger partial charge in [0.05, 0.1) is 0 Å². The van der Waals surface area contributed by atoms with E-state index in [-0.39, 0.29) is 30.3 Å². The van der Waals surface area contributed by atoms with Gasteiger partial charge in [-0.3, -0.25) is 0 Å². The largest absolute Gasteiger partial charge is 1.00 e. The molecule has 0 aromatic heterocycles. The number of fused-ring (bicyclic) bond motifs is 2. The fourth-order valence-electron chi connectivity index (χ4n) is 6.56. The first-order valence-corrected chi connectivity index (χ1v) is 26.3. The molecule has 0 bridgehead atoms. The molecule has 0 N–H and O–H groups in total. The van der Waals surface area contributed by atoms with Crippen molar-refractivity contribution < 1.29 is 44.9 Å². The zero-order valence-corrected chi connectivity index (χ0v) is 31.8. The molecule has 4 rings (SSSR count). The van der Waals surface area contributed by atoms with Gasteiger partial charge in [0.1, 0.15) is 0 Å². The SMILES string of the molecule is CC1=Cc2c(C(C)C)cc(C(C)C)cc2[C@@H]1[Hf+2]([C@H]1C(C)=Cc2c(C(C)C)cc(C(C)C)cc21)=[Si](C)C.[Cl-].[Cl-]. The fourth-order valence-corrected chi connectivity index (χ4v) is 35.9. The van der Waals surface area contributed by atoms with E-state index >= 15 is 0 Å². The molecule has 0 unspecified atom stereocenters. The summed E-state index contributed by atoms with van der Waals surface area (Å²) in [6, 6.07) is 10.3. The van der Waals surface area contributed by atoms with Crippen LogP contribution in [0.3, 0.4) is 0 Å². The Labute approximate surface area is 254 Å². The van der Waals surface area contributed by atoms with Crippen LogP contribution >= 0.6 is 0 Å². The summed E-state index contributed by atoms with van der Waals surface area (Å²) in [6.45, 7) is 29.3. The van der Waals surface area contributed by atoms with Crippen molar-refractivity contribution in [1.82, 2.24) is 0 Å². The summed E-state index contributed by atoms with van der Waals surface area (Å²) in [6.07, 6.45) is 5.21. The van der Waals surface area contributed by atoms with Crippen LogP contribution in [0.2, 0.25) is 13.1 Å². The summed E-state index contributed by atoms with van der Waals surface area (Å²) >= 11 is -2.25. The standard InChI is InChI=1S/2C16H21.C2H6Si.2ClH.Hf/c2*1-10(2)13-8-14-6-12(5)7-16(14)15(9-13)11(3)4;1-3-2;;;/h2*6-11H,1-5H3;1-2H3;2*1H;/q;;;;;+2/p-2. The maximum Gasteiger partial charge on any atom is -1.00 e. The Morgan fingerprint density at radius 3 is 1.18 bits per heavy atom.